The van der Waals surface area contributed by atoms with Gasteiger partial charge in [0.1, 0.15) is 6.67 Å². The Kier molecular flexibility index (Phi) is 5.23. The van der Waals surface area contributed by atoms with Crippen molar-refractivity contribution in [1.82, 2.24) is 4.98 Å². The molecule has 0 radical (unpaired) electrons. The average molecular weight is 299 g/mol. The summed E-state index contributed by atoms with van der Waals surface area (Å²) in [5.74, 6) is -3.78. The van der Waals surface area contributed by atoms with Crippen LogP contribution in [0, 0.1) is 5.95 Å². The molecule has 0 spiro atoms. The summed E-state index contributed by atoms with van der Waals surface area (Å²) in [5, 5.41) is 0. The Hall–Kier alpha value is -1.93. The summed E-state index contributed by atoms with van der Waals surface area (Å²) in [6.07, 6.45) is -4.96. The number of rotatable bonds is 5. The second kappa shape index (κ2) is 6.49. The summed E-state index contributed by atoms with van der Waals surface area (Å²) in [7, 11) is 0. The molecule has 9 heteroatoms. The topological polar surface area (TPSA) is 48.4 Å². The number of carbonyl (C=O) groups is 1. The van der Waals surface area contributed by atoms with E-state index in [0.717, 1.165) is 6.20 Å². The third kappa shape index (κ3) is 4.32. The number of hydrogen-bond acceptors (Lipinski definition) is 4. The molecular weight excluding hydrogens is 289 g/mol. The molecule has 1 heterocycles. The molecule has 1 aromatic heterocycles. The molecule has 4 nitrogen and oxygen atoms in total. The van der Waals surface area contributed by atoms with Crippen molar-refractivity contribution in [3.8, 4) is 5.75 Å². The zero-order valence-corrected chi connectivity index (χ0v) is 10.3. The SMILES string of the molecule is CCOC(=O)Cc1cnc(F)c(OC(F)(F)F)c1CF. The zero-order chi connectivity index (χ0) is 15.3. The highest BCUT2D eigenvalue weighted by molar-refractivity contribution is 5.73. The molecule has 0 aliphatic carbocycles. The number of hydrogen-bond donors (Lipinski definition) is 0. The number of alkyl halides is 4. The van der Waals surface area contributed by atoms with Gasteiger partial charge >= 0.3 is 12.3 Å². The van der Waals surface area contributed by atoms with Crippen LogP contribution in [0.3, 0.4) is 0 Å². The fourth-order valence-electron chi connectivity index (χ4n) is 1.43. The molecule has 0 N–H and O–H groups in total. The van der Waals surface area contributed by atoms with E-state index in [0.29, 0.717) is 0 Å². The lowest BCUT2D eigenvalue weighted by molar-refractivity contribution is -0.276. The Morgan fingerprint density at radius 2 is 2.05 bits per heavy atom. The molecule has 0 aliphatic heterocycles. The Morgan fingerprint density at radius 1 is 1.40 bits per heavy atom. The van der Waals surface area contributed by atoms with Crippen molar-refractivity contribution in [2.45, 2.75) is 26.4 Å². The van der Waals surface area contributed by atoms with Crippen molar-refractivity contribution in [3.63, 3.8) is 0 Å². The number of pyridine rings is 1. The second-order valence-electron chi connectivity index (χ2n) is 3.55. The Bertz CT molecular complexity index is 490. The fraction of sp³-hybridized carbons (Fsp3) is 0.455. The summed E-state index contributed by atoms with van der Waals surface area (Å²) in [4.78, 5) is 14.3. The third-order valence-corrected chi connectivity index (χ3v) is 2.17. The molecule has 0 amide bonds. The molecule has 0 saturated carbocycles. The summed E-state index contributed by atoms with van der Waals surface area (Å²) < 4.78 is 70.4. The number of halogens is 5. The van der Waals surface area contributed by atoms with Gasteiger partial charge in [-0.2, -0.15) is 4.39 Å². The number of carbonyl (C=O) groups excluding carboxylic acids is 1. The van der Waals surface area contributed by atoms with E-state index in [4.69, 9.17) is 0 Å². The molecule has 0 unspecified atom stereocenters. The van der Waals surface area contributed by atoms with Crippen molar-refractivity contribution in [3.05, 3.63) is 23.3 Å². The maximum atomic E-state index is 13.2. The highest BCUT2D eigenvalue weighted by Crippen LogP contribution is 2.31. The van der Waals surface area contributed by atoms with Gasteiger partial charge in [-0.1, -0.05) is 0 Å². The Labute approximate surface area is 110 Å². The van der Waals surface area contributed by atoms with Crippen molar-refractivity contribution < 1.29 is 36.2 Å². The molecule has 1 aromatic rings. The Balaban J connectivity index is 3.14. The van der Waals surface area contributed by atoms with Gasteiger partial charge in [0.05, 0.1) is 13.0 Å². The number of nitrogens with zero attached hydrogens (tertiary/aromatic N) is 1. The standard InChI is InChI=1S/C11H10F5NO3/c1-2-19-8(18)3-6-5-17-10(13)9(7(6)4-12)20-11(14,15)16/h5H,2-4H2,1H3. The van der Waals surface area contributed by atoms with Gasteiger partial charge < -0.3 is 9.47 Å². The summed E-state index contributed by atoms with van der Waals surface area (Å²) in [6.45, 7) is 0.124. The first kappa shape index (κ1) is 16.1. The minimum Gasteiger partial charge on any atom is -0.466 e. The van der Waals surface area contributed by atoms with Gasteiger partial charge in [-0.25, -0.2) is 9.37 Å². The highest BCUT2D eigenvalue weighted by atomic mass is 19.4. The van der Waals surface area contributed by atoms with Crippen LogP contribution < -0.4 is 4.74 Å². The molecule has 0 aliphatic rings. The smallest absolute Gasteiger partial charge is 0.466 e. The van der Waals surface area contributed by atoms with Crippen LogP contribution in [-0.2, 0) is 22.6 Å². The molecule has 0 aromatic carbocycles. The number of esters is 1. The molecule has 0 bridgehead atoms. The van der Waals surface area contributed by atoms with Crippen LogP contribution in [-0.4, -0.2) is 23.9 Å². The van der Waals surface area contributed by atoms with E-state index in [1.807, 2.05) is 0 Å². The third-order valence-electron chi connectivity index (χ3n) is 2.17. The summed E-state index contributed by atoms with van der Waals surface area (Å²) in [5.41, 5.74) is -0.950. The van der Waals surface area contributed by atoms with Crippen LogP contribution in [0.5, 0.6) is 5.75 Å². The van der Waals surface area contributed by atoms with Crippen LogP contribution in [0.2, 0.25) is 0 Å². The maximum absolute atomic E-state index is 13.2. The summed E-state index contributed by atoms with van der Waals surface area (Å²) >= 11 is 0. The molecule has 0 fully saturated rings. The van der Waals surface area contributed by atoms with E-state index in [1.165, 1.54) is 6.92 Å². The average Bonchev–Trinajstić information content (AvgIpc) is 2.32. The molecular formula is C11H10F5NO3. The summed E-state index contributed by atoms with van der Waals surface area (Å²) in [6, 6.07) is 0. The van der Waals surface area contributed by atoms with E-state index >= 15 is 0 Å². The lowest BCUT2D eigenvalue weighted by atomic mass is 10.1. The number of ether oxygens (including phenoxy) is 2. The first-order valence-electron chi connectivity index (χ1n) is 5.42. The van der Waals surface area contributed by atoms with Gasteiger partial charge in [-0.15, -0.1) is 13.2 Å². The van der Waals surface area contributed by atoms with Crippen LogP contribution in [0.15, 0.2) is 6.20 Å². The second-order valence-corrected chi connectivity index (χ2v) is 3.55. The molecule has 20 heavy (non-hydrogen) atoms. The zero-order valence-electron chi connectivity index (χ0n) is 10.3. The van der Waals surface area contributed by atoms with Crippen LogP contribution in [0.25, 0.3) is 0 Å². The van der Waals surface area contributed by atoms with Gasteiger partial charge in [-0.05, 0) is 12.5 Å². The quantitative estimate of drug-likeness (QED) is 0.476. The predicted octanol–water partition coefficient (Wildman–Crippen LogP) is 2.69. The van der Waals surface area contributed by atoms with Gasteiger partial charge in [0.25, 0.3) is 5.95 Å². The van der Waals surface area contributed by atoms with Crippen LogP contribution >= 0.6 is 0 Å². The highest BCUT2D eigenvalue weighted by Gasteiger charge is 2.34. The van der Waals surface area contributed by atoms with Crippen LogP contribution in [0.1, 0.15) is 18.1 Å². The van der Waals surface area contributed by atoms with E-state index in [-0.39, 0.29) is 12.2 Å². The monoisotopic (exact) mass is 299 g/mol. The van der Waals surface area contributed by atoms with E-state index < -0.39 is 42.7 Å². The van der Waals surface area contributed by atoms with Gasteiger partial charge in [-0.3, -0.25) is 4.79 Å². The lowest BCUT2D eigenvalue weighted by Crippen LogP contribution is -2.20. The molecule has 0 saturated heterocycles. The van der Waals surface area contributed by atoms with Crippen molar-refractivity contribution in [2.75, 3.05) is 6.61 Å². The minimum atomic E-state index is -5.20. The van der Waals surface area contributed by atoms with Crippen molar-refractivity contribution >= 4 is 5.97 Å². The van der Waals surface area contributed by atoms with Gasteiger partial charge in [0.2, 0.25) is 0 Å². The van der Waals surface area contributed by atoms with E-state index in [1.54, 1.807) is 0 Å². The first-order valence-corrected chi connectivity index (χ1v) is 5.42. The normalized spacial score (nSPS) is 11.3. The maximum Gasteiger partial charge on any atom is 0.573 e. The lowest BCUT2D eigenvalue weighted by Gasteiger charge is -2.14. The number of aromatic nitrogens is 1. The minimum absolute atomic E-state index is 0.0460. The predicted molar refractivity (Wildman–Crippen MR) is 56.0 cm³/mol. The van der Waals surface area contributed by atoms with Gasteiger partial charge in [0, 0.05) is 11.8 Å². The first-order chi connectivity index (χ1) is 9.28. The van der Waals surface area contributed by atoms with Crippen LogP contribution in [0.4, 0.5) is 22.0 Å². The van der Waals surface area contributed by atoms with Gasteiger partial charge in [0.15, 0.2) is 5.75 Å². The van der Waals surface area contributed by atoms with E-state index in [9.17, 15) is 26.7 Å². The van der Waals surface area contributed by atoms with Crippen molar-refractivity contribution in [2.24, 2.45) is 0 Å². The molecule has 1 rings (SSSR count). The largest absolute Gasteiger partial charge is 0.573 e. The molecule has 112 valence electrons. The molecule has 0 atom stereocenters. The fourth-order valence-corrected chi connectivity index (χ4v) is 1.43. The van der Waals surface area contributed by atoms with E-state index in [2.05, 4.69) is 14.5 Å². The van der Waals surface area contributed by atoms with Crippen molar-refractivity contribution in [1.29, 1.82) is 0 Å². The Morgan fingerprint density at radius 3 is 2.55 bits per heavy atom.